The van der Waals surface area contributed by atoms with E-state index in [1.807, 2.05) is 24.3 Å². The van der Waals surface area contributed by atoms with Crippen molar-refractivity contribution < 1.29 is 9.50 Å². The number of anilines is 1. The van der Waals surface area contributed by atoms with Crippen LogP contribution in [0.25, 0.3) is 10.9 Å². The van der Waals surface area contributed by atoms with Crippen molar-refractivity contribution in [3.05, 3.63) is 65.7 Å². The Bertz CT molecular complexity index is 852. The van der Waals surface area contributed by atoms with E-state index >= 15 is 0 Å². The summed E-state index contributed by atoms with van der Waals surface area (Å²) in [6.07, 6.45) is 1.41. The zero-order valence-electron chi connectivity index (χ0n) is 11.7. The van der Waals surface area contributed by atoms with E-state index in [0.29, 0.717) is 17.6 Å². The van der Waals surface area contributed by atoms with Gasteiger partial charge < -0.3 is 10.4 Å². The van der Waals surface area contributed by atoms with Gasteiger partial charge in [-0.2, -0.15) is 0 Å². The van der Waals surface area contributed by atoms with E-state index in [0.717, 1.165) is 11.1 Å². The molecule has 0 aliphatic heterocycles. The molecule has 0 amide bonds. The lowest BCUT2D eigenvalue weighted by molar-refractivity contribution is 0.165. The van der Waals surface area contributed by atoms with Gasteiger partial charge in [0.1, 0.15) is 23.5 Å². The van der Waals surface area contributed by atoms with Crippen LogP contribution in [0.1, 0.15) is 17.2 Å². The number of nitrogens with zero attached hydrogens (tertiary/aromatic N) is 2. The molecule has 1 heterocycles. The molecular weight excluding hydrogens is 281 g/mol. The number of aliphatic hydroxyl groups excluding tert-OH is 1. The molecule has 0 saturated heterocycles. The lowest BCUT2D eigenvalue weighted by Crippen LogP contribution is -2.21. The zero-order chi connectivity index (χ0) is 15.1. The highest BCUT2D eigenvalue weighted by Gasteiger charge is 2.31. The van der Waals surface area contributed by atoms with Crippen LogP contribution in [-0.2, 0) is 6.42 Å². The van der Waals surface area contributed by atoms with Crippen molar-refractivity contribution in [2.75, 3.05) is 5.32 Å². The fraction of sp³-hybridized carbons (Fsp3) is 0.176. The number of aromatic nitrogens is 2. The molecule has 1 aromatic heterocycles. The van der Waals surface area contributed by atoms with Crippen molar-refractivity contribution in [1.82, 2.24) is 9.97 Å². The fourth-order valence-electron chi connectivity index (χ4n) is 3.06. The Morgan fingerprint density at radius 2 is 1.95 bits per heavy atom. The quantitative estimate of drug-likeness (QED) is 0.763. The van der Waals surface area contributed by atoms with Crippen LogP contribution >= 0.6 is 0 Å². The van der Waals surface area contributed by atoms with Crippen LogP contribution < -0.4 is 5.32 Å². The molecule has 3 aromatic rings. The number of fused-ring (bicyclic) bond motifs is 2. The van der Waals surface area contributed by atoms with Crippen LogP contribution in [0.4, 0.5) is 10.2 Å². The Balaban J connectivity index is 1.77. The minimum Gasteiger partial charge on any atom is -0.390 e. The number of nitrogens with one attached hydrogen (secondary N) is 1. The van der Waals surface area contributed by atoms with E-state index in [4.69, 9.17) is 0 Å². The third-order valence-electron chi connectivity index (χ3n) is 4.11. The standard InChI is InChI=1S/C17H14FN3O/c18-13-7-3-6-12-15(13)19-9-20-17(12)21-16-11-5-2-1-4-10(11)8-14(16)22/h1-7,9,14,16,22H,8H2,(H,19,20,21)/t14-,16+/m0/s1. The van der Waals surface area contributed by atoms with Crippen molar-refractivity contribution in [2.24, 2.45) is 0 Å². The second-order valence-corrected chi connectivity index (χ2v) is 5.45. The van der Waals surface area contributed by atoms with Crippen molar-refractivity contribution in [3.63, 3.8) is 0 Å². The summed E-state index contributed by atoms with van der Waals surface area (Å²) >= 11 is 0. The van der Waals surface area contributed by atoms with Crippen LogP contribution in [0, 0.1) is 5.82 Å². The Kier molecular flexibility index (Phi) is 3.01. The SMILES string of the molecule is O[C@H]1Cc2ccccc2[C@H]1Nc1ncnc2c(F)cccc12. The molecule has 0 radical (unpaired) electrons. The van der Waals surface area contributed by atoms with Crippen LogP contribution in [0.15, 0.2) is 48.8 Å². The molecule has 2 aromatic carbocycles. The zero-order valence-corrected chi connectivity index (χ0v) is 11.7. The smallest absolute Gasteiger partial charge is 0.149 e. The van der Waals surface area contributed by atoms with Gasteiger partial charge in [-0.3, -0.25) is 0 Å². The molecule has 5 heteroatoms. The Hall–Kier alpha value is -2.53. The Morgan fingerprint density at radius 1 is 1.09 bits per heavy atom. The molecule has 4 rings (SSSR count). The minimum atomic E-state index is -0.532. The maximum Gasteiger partial charge on any atom is 0.149 e. The van der Waals surface area contributed by atoms with Gasteiger partial charge in [-0.15, -0.1) is 0 Å². The number of rotatable bonds is 2. The lowest BCUT2D eigenvalue weighted by Gasteiger charge is -2.19. The largest absolute Gasteiger partial charge is 0.390 e. The predicted octanol–water partition coefficient (Wildman–Crippen LogP) is 2.84. The molecule has 1 aliphatic rings. The molecular formula is C17H14FN3O. The molecule has 4 nitrogen and oxygen atoms in total. The van der Waals surface area contributed by atoms with Gasteiger partial charge in [0.05, 0.1) is 12.1 Å². The summed E-state index contributed by atoms with van der Waals surface area (Å²) in [5.74, 6) is 0.153. The third kappa shape index (κ3) is 2.02. The van der Waals surface area contributed by atoms with Crippen LogP contribution in [0.2, 0.25) is 0 Å². The summed E-state index contributed by atoms with van der Waals surface area (Å²) in [6.45, 7) is 0. The fourth-order valence-corrected chi connectivity index (χ4v) is 3.06. The average Bonchev–Trinajstić information content (AvgIpc) is 2.84. The van der Waals surface area contributed by atoms with Crippen molar-refractivity contribution in [1.29, 1.82) is 0 Å². The van der Waals surface area contributed by atoms with Gasteiger partial charge in [0.15, 0.2) is 0 Å². The maximum absolute atomic E-state index is 13.8. The molecule has 2 atom stereocenters. The average molecular weight is 295 g/mol. The minimum absolute atomic E-state index is 0.252. The van der Waals surface area contributed by atoms with E-state index in [1.165, 1.54) is 12.4 Å². The number of aliphatic hydroxyl groups is 1. The summed E-state index contributed by atoms with van der Waals surface area (Å²) in [5.41, 5.74) is 2.45. The number of hydrogen-bond acceptors (Lipinski definition) is 4. The van der Waals surface area contributed by atoms with Gasteiger partial charge >= 0.3 is 0 Å². The van der Waals surface area contributed by atoms with Gasteiger partial charge in [0.2, 0.25) is 0 Å². The summed E-state index contributed by atoms with van der Waals surface area (Å²) in [4.78, 5) is 8.21. The van der Waals surface area contributed by atoms with Crippen LogP contribution in [-0.4, -0.2) is 21.2 Å². The van der Waals surface area contributed by atoms with E-state index in [9.17, 15) is 9.50 Å². The number of halogens is 1. The molecule has 0 spiro atoms. The lowest BCUT2D eigenvalue weighted by atomic mass is 10.1. The van der Waals surface area contributed by atoms with Gasteiger partial charge in [-0.25, -0.2) is 14.4 Å². The molecule has 110 valence electrons. The van der Waals surface area contributed by atoms with Crippen molar-refractivity contribution in [2.45, 2.75) is 18.6 Å². The van der Waals surface area contributed by atoms with E-state index in [2.05, 4.69) is 15.3 Å². The highest BCUT2D eigenvalue weighted by atomic mass is 19.1. The first-order valence-corrected chi connectivity index (χ1v) is 7.15. The molecule has 1 aliphatic carbocycles. The topological polar surface area (TPSA) is 58.0 Å². The summed E-state index contributed by atoms with van der Waals surface area (Å²) < 4.78 is 13.8. The van der Waals surface area contributed by atoms with Gasteiger partial charge in [0, 0.05) is 11.8 Å². The summed E-state index contributed by atoms with van der Waals surface area (Å²) in [6, 6.07) is 12.4. The predicted molar refractivity (Wildman–Crippen MR) is 82.0 cm³/mol. The monoisotopic (exact) mass is 295 g/mol. The Labute approximate surface area is 126 Å². The number of benzene rings is 2. The van der Waals surface area contributed by atoms with Crippen molar-refractivity contribution in [3.8, 4) is 0 Å². The highest BCUT2D eigenvalue weighted by Crippen LogP contribution is 2.35. The number of hydrogen-bond donors (Lipinski definition) is 2. The second-order valence-electron chi connectivity index (χ2n) is 5.45. The second kappa shape index (κ2) is 5.03. The first-order valence-electron chi connectivity index (χ1n) is 7.15. The van der Waals surface area contributed by atoms with Gasteiger partial charge in [0.25, 0.3) is 0 Å². The molecule has 2 N–H and O–H groups in total. The van der Waals surface area contributed by atoms with Gasteiger partial charge in [-0.1, -0.05) is 30.3 Å². The third-order valence-corrected chi connectivity index (χ3v) is 4.11. The first kappa shape index (κ1) is 13.2. The van der Waals surface area contributed by atoms with Crippen LogP contribution in [0.3, 0.4) is 0 Å². The molecule has 22 heavy (non-hydrogen) atoms. The molecule has 0 unspecified atom stereocenters. The van der Waals surface area contributed by atoms with Crippen molar-refractivity contribution >= 4 is 16.7 Å². The molecule has 0 bridgehead atoms. The Morgan fingerprint density at radius 3 is 2.86 bits per heavy atom. The van der Waals surface area contributed by atoms with E-state index in [-0.39, 0.29) is 17.4 Å². The van der Waals surface area contributed by atoms with Crippen LogP contribution in [0.5, 0.6) is 0 Å². The summed E-state index contributed by atoms with van der Waals surface area (Å²) in [5, 5.41) is 14.2. The highest BCUT2D eigenvalue weighted by molar-refractivity contribution is 5.89. The van der Waals surface area contributed by atoms with Gasteiger partial charge in [-0.05, 0) is 23.3 Å². The first-order chi connectivity index (χ1) is 10.7. The molecule has 0 fully saturated rings. The van der Waals surface area contributed by atoms with E-state index < -0.39 is 6.10 Å². The maximum atomic E-state index is 13.8. The molecule has 0 saturated carbocycles. The van der Waals surface area contributed by atoms with E-state index in [1.54, 1.807) is 12.1 Å². The normalized spacial score (nSPS) is 20.1. The summed E-state index contributed by atoms with van der Waals surface area (Å²) in [7, 11) is 0. The number of para-hydroxylation sites is 1.